The van der Waals surface area contributed by atoms with E-state index in [1.54, 1.807) is 0 Å². The van der Waals surface area contributed by atoms with Gasteiger partial charge in [0.05, 0.1) is 0 Å². The molecule has 2 nitrogen and oxygen atoms in total. The summed E-state index contributed by atoms with van der Waals surface area (Å²) in [6.45, 7) is 0. The highest BCUT2D eigenvalue weighted by Crippen LogP contribution is 2.40. The molecule has 0 aromatic rings. The summed E-state index contributed by atoms with van der Waals surface area (Å²) in [4.78, 5) is 10.3. The van der Waals surface area contributed by atoms with Gasteiger partial charge >= 0.3 is 0 Å². The van der Waals surface area contributed by atoms with Crippen molar-refractivity contribution in [1.82, 2.24) is 5.32 Å². The fourth-order valence-electron chi connectivity index (χ4n) is 3.12. The van der Waals surface area contributed by atoms with Gasteiger partial charge in [0, 0.05) is 6.04 Å². The van der Waals surface area contributed by atoms with Gasteiger partial charge in [-0.25, -0.2) is 0 Å². The molecular weight excluding hydrogens is 162 g/mol. The van der Waals surface area contributed by atoms with Crippen LogP contribution in [0.5, 0.6) is 0 Å². The fourth-order valence-corrected chi connectivity index (χ4v) is 3.12. The van der Waals surface area contributed by atoms with Crippen LogP contribution < -0.4 is 5.32 Å². The zero-order valence-corrected chi connectivity index (χ0v) is 8.17. The average molecular weight is 181 g/mol. The number of hydrogen-bond donors (Lipinski definition) is 1. The van der Waals surface area contributed by atoms with Crippen molar-refractivity contribution >= 4 is 6.41 Å². The lowest BCUT2D eigenvalue weighted by molar-refractivity contribution is -0.110. The largest absolute Gasteiger partial charge is 0.356 e. The van der Waals surface area contributed by atoms with Gasteiger partial charge in [-0.1, -0.05) is 25.7 Å². The second-order valence-corrected chi connectivity index (χ2v) is 4.60. The molecule has 2 aliphatic rings. The lowest BCUT2D eigenvalue weighted by atomic mass is 9.69. The summed E-state index contributed by atoms with van der Waals surface area (Å²) in [7, 11) is 0. The molecule has 2 rings (SSSR count). The first kappa shape index (κ1) is 9.04. The number of carbonyl (C=O) groups excluding carboxylic acids is 1. The van der Waals surface area contributed by atoms with E-state index in [0.717, 1.165) is 18.2 Å². The zero-order chi connectivity index (χ0) is 9.10. The van der Waals surface area contributed by atoms with Gasteiger partial charge in [-0.05, 0) is 31.1 Å². The Morgan fingerprint density at radius 2 is 1.77 bits per heavy atom. The highest BCUT2D eigenvalue weighted by atomic mass is 16.1. The molecule has 13 heavy (non-hydrogen) atoms. The minimum absolute atomic E-state index is 0.483. The maximum atomic E-state index is 10.3. The predicted octanol–water partition coefficient (Wildman–Crippen LogP) is 2.09. The number of nitrogens with one attached hydrogen (secondary N) is 1. The van der Waals surface area contributed by atoms with Crippen LogP contribution in [0.2, 0.25) is 0 Å². The Morgan fingerprint density at radius 1 is 1.00 bits per heavy atom. The quantitative estimate of drug-likeness (QED) is 0.649. The second kappa shape index (κ2) is 4.12. The molecule has 0 aromatic carbocycles. The van der Waals surface area contributed by atoms with Crippen LogP contribution in [0.15, 0.2) is 0 Å². The minimum Gasteiger partial charge on any atom is -0.356 e. The van der Waals surface area contributed by atoms with E-state index in [9.17, 15) is 4.79 Å². The Balaban J connectivity index is 1.87. The lowest BCUT2D eigenvalue weighted by Crippen LogP contribution is -2.38. The van der Waals surface area contributed by atoms with E-state index in [-0.39, 0.29) is 0 Å². The summed E-state index contributed by atoms with van der Waals surface area (Å²) in [6.07, 6.45) is 10.4. The standard InChI is InChI=1S/C11H19NO/c13-8-12-11-6-5-9-3-1-2-4-10(9)7-11/h8-11H,1-7H2,(H,12,13). The monoisotopic (exact) mass is 181 g/mol. The Hall–Kier alpha value is -0.530. The molecule has 74 valence electrons. The summed E-state index contributed by atoms with van der Waals surface area (Å²) < 4.78 is 0. The molecule has 0 bridgehead atoms. The van der Waals surface area contributed by atoms with E-state index in [1.807, 2.05) is 0 Å². The van der Waals surface area contributed by atoms with Gasteiger partial charge in [-0.15, -0.1) is 0 Å². The molecular formula is C11H19NO. The van der Waals surface area contributed by atoms with Crippen molar-refractivity contribution in [2.45, 2.75) is 51.0 Å². The van der Waals surface area contributed by atoms with Gasteiger partial charge in [-0.2, -0.15) is 0 Å². The van der Waals surface area contributed by atoms with E-state index in [1.165, 1.54) is 44.9 Å². The van der Waals surface area contributed by atoms with E-state index in [2.05, 4.69) is 5.32 Å². The van der Waals surface area contributed by atoms with Gasteiger partial charge in [-0.3, -0.25) is 4.79 Å². The van der Waals surface area contributed by atoms with Crippen molar-refractivity contribution < 1.29 is 4.79 Å². The van der Waals surface area contributed by atoms with E-state index >= 15 is 0 Å². The summed E-state index contributed by atoms with van der Waals surface area (Å²) in [6, 6.07) is 0.483. The highest BCUT2D eigenvalue weighted by molar-refractivity contribution is 5.46. The summed E-state index contributed by atoms with van der Waals surface area (Å²) in [5, 5.41) is 2.94. The van der Waals surface area contributed by atoms with E-state index < -0.39 is 0 Å². The molecule has 0 heterocycles. The van der Waals surface area contributed by atoms with Crippen LogP contribution in [0, 0.1) is 11.8 Å². The summed E-state index contributed by atoms with van der Waals surface area (Å²) in [5.41, 5.74) is 0. The molecule has 2 aliphatic carbocycles. The first-order valence-electron chi connectivity index (χ1n) is 5.60. The van der Waals surface area contributed by atoms with Crippen molar-refractivity contribution in [3.05, 3.63) is 0 Å². The minimum atomic E-state index is 0.483. The van der Waals surface area contributed by atoms with E-state index in [0.29, 0.717) is 6.04 Å². The Morgan fingerprint density at radius 3 is 2.54 bits per heavy atom. The van der Waals surface area contributed by atoms with Crippen LogP contribution in [-0.4, -0.2) is 12.5 Å². The van der Waals surface area contributed by atoms with E-state index in [4.69, 9.17) is 0 Å². The van der Waals surface area contributed by atoms with Crippen molar-refractivity contribution in [2.75, 3.05) is 0 Å². The lowest BCUT2D eigenvalue weighted by Gasteiger charge is -2.39. The van der Waals surface area contributed by atoms with Gasteiger partial charge in [0.15, 0.2) is 0 Å². The topological polar surface area (TPSA) is 29.1 Å². The summed E-state index contributed by atoms with van der Waals surface area (Å²) in [5.74, 6) is 1.90. The smallest absolute Gasteiger partial charge is 0.207 e. The molecule has 0 spiro atoms. The van der Waals surface area contributed by atoms with Crippen LogP contribution in [0.3, 0.4) is 0 Å². The zero-order valence-electron chi connectivity index (χ0n) is 8.17. The predicted molar refractivity (Wildman–Crippen MR) is 52.3 cm³/mol. The third-order valence-corrected chi connectivity index (χ3v) is 3.84. The Labute approximate surface area is 80.1 Å². The molecule has 0 saturated heterocycles. The Bertz CT molecular complexity index is 181. The molecule has 0 aromatic heterocycles. The van der Waals surface area contributed by atoms with Gasteiger partial charge in [0.1, 0.15) is 0 Å². The third kappa shape index (κ3) is 2.04. The molecule has 2 fully saturated rings. The number of fused-ring (bicyclic) bond motifs is 1. The van der Waals surface area contributed by atoms with Crippen molar-refractivity contribution in [2.24, 2.45) is 11.8 Å². The normalized spacial score (nSPS) is 39.2. The first-order valence-corrected chi connectivity index (χ1v) is 5.60. The third-order valence-electron chi connectivity index (χ3n) is 3.84. The molecule has 1 N–H and O–H groups in total. The van der Waals surface area contributed by atoms with Crippen LogP contribution >= 0.6 is 0 Å². The van der Waals surface area contributed by atoms with Crippen LogP contribution in [-0.2, 0) is 4.79 Å². The van der Waals surface area contributed by atoms with Gasteiger partial charge in [0.2, 0.25) is 6.41 Å². The van der Waals surface area contributed by atoms with Gasteiger partial charge in [0.25, 0.3) is 0 Å². The molecule has 3 unspecified atom stereocenters. The number of hydrogen-bond acceptors (Lipinski definition) is 1. The van der Waals surface area contributed by atoms with Crippen molar-refractivity contribution in [3.63, 3.8) is 0 Å². The maximum Gasteiger partial charge on any atom is 0.207 e. The van der Waals surface area contributed by atoms with Crippen molar-refractivity contribution in [1.29, 1.82) is 0 Å². The van der Waals surface area contributed by atoms with Crippen LogP contribution in [0.1, 0.15) is 44.9 Å². The maximum absolute atomic E-state index is 10.3. The molecule has 0 radical (unpaired) electrons. The highest BCUT2D eigenvalue weighted by Gasteiger charge is 2.31. The molecule has 2 heteroatoms. The fraction of sp³-hybridized carbons (Fsp3) is 0.909. The number of carbonyl (C=O) groups is 1. The average Bonchev–Trinajstić information content (AvgIpc) is 2.18. The summed E-state index contributed by atoms with van der Waals surface area (Å²) >= 11 is 0. The van der Waals surface area contributed by atoms with Crippen molar-refractivity contribution in [3.8, 4) is 0 Å². The number of amides is 1. The first-order chi connectivity index (χ1) is 6.40. The van der Waals surface area contributed by atoms with Crippen LogP contribution in [0.4, 0.5) is 0 Å². The molecule has 3 atom stereocenters. The Kier molecular flexibility index (Phi) is 2.87. The van der Waals surface area contributed by atoms with Crippen LogP contribution in [0.25, 0.3) is 0 Å². The van der Waals surface area contributed by atoms with Gasteiger partial charge < -0.3 is 5.32 Å². The molecule has 2 saturated carbocycles. The number of rotatable bonds is 2. The second-order valence-electron chi connectivity index (χ2n) is 4.60. The molecule has 1 amide bonds. The molecule has 0 aliphatic heterocycles. The SMILES string of the molecule is O=CNC1CCC2CCCCC2C1.